The first-order chi connectivity index (χ1) is 13.6. The summed E-state index contributed by atoms with van der Waals surface area (Å²) in [6.07, 6.45) is 5.07. The van der Waals surface area contributed by atoms with Crippen molar-refractivity contribution in [2.45, 2.75) is 33.2 Å². The van der Waals surface area contributed by atoms with Gasteiger partial charge in [0.15, 0.2) is 5.82 Å². The highest BCUT2D eigenvalue weighted by Gasteiger charge is 2.13. The van der Waals surface area contributed by atoms with Gasteiger partial charge in [0.25, 0.3) is 0 Å². The molecule has 0 amide bonds. The maximum absolute atomic E-state index is 6.10. The van der Waals surface area contributed by atoms with E-state index in [1.54, 1.807) is 17.2 Å². The minimum atomic E-state index is 0.670. The average molecular weight is 410 g/mol. The van der Waals surface area contributed by atoms with Gasteiger partial charge in [-0.25, -0.2) is 9.97 Å². The van der Waals surface area contributed by atoms with Crippen molar-refractivity contribution in [1.82, 2.24) is 25.0 Å². The number of halogens is 1. The van der Waals surface area contributed by atoms with Crippen LogP contribution < -0.4 is 0 Å². The number of benzene rings is 1. The van der Waals surface area contributed by atoms with Crippen molar-refractivity contribution in [3.8, 4) is 10.7 Å². The van der Waals surface area contributed by atoms with Crippen molar-refractivity contribution in [2.24, 2.45) is 0 Å². The number of hydrogen-bond acceptors (Lipinski definition) is 5. The largest absolute Gasteiger partial charge is 0.232 e. The molecule has 0 aliphatic rings. The number of aryl methyl sites for hydroxylation is 1. The monoisotopic (exact) mass is 409 g/mol. The Morgan fingerprint density at radius 1 is 0.964 bits per heavy atom. The molecule has 142 valence electrons. The van der Waals surface area contributed by atoms with E-state index in [0.29, 0.717) is 6.54 Å². The molecule has 0 unspecified atom stereocenters. The number of nitrogens with zero attached hydrogens (tertiary/aromatic N) is 5. The molecule has 0 aliphatic heterocycles. The second-order valence-electron chi connectivity index (χ2n) is 6.57. The lowest BCUT2D eigenvalue weighted by atomic mass is 10.0. The zero-order valence-electron chi connectivity index (χ0n) is 15.8. The van der Waals surface area contributed by atoms with Crippen LogP contribution in [-0.4, -0.2) is 25.0 Å². The SMILES string of the molecule is CCc1c(C)nc(-c2ccc(Cl)s2)nc1Cc1ccc(Cn2nccn2)cc1. The van der Waals surface area contributed by atoms with Gasteiger partial charge in [0, 0.05) is 12.1 Å². The van der Waals surface area contributed by atoms with Gasteiger partial charge in [0.05, 0.1) is 33.8 Å². The van der Waals surface area contributed by atoms with Crippen LogP contribution in [0.25, 0.3) is 10.7 Å². The standard InChI is InChI=1S/C21H20ClN5S/c1-3-17-14(2)25-21(19-8-9-20(22)28-19)26-18(17)12-15-4-6-16(7-5-15)13-27-23-10-11-24-27/h4-11H,3,12-13H2,1-2H3. The third-order valence-corrected chi connectivity index (χ3v) is 5.86. The van der Waals surface area contributed by atoms with Gasteiger partial charge in [-0.15, -0.1) is 11.3 Å². The molecule has 7 heteroatoms. The molecule has 0 bridgehead atoms. The molecular weight excluding hydrogens is 390 g/mol. The van der Waals surface area contributed by atoms with Crippen molar-refractivity contribution < 1.29 is 0 Å². The maximum Gasteiger partial charge on any atom is 0.169 e. The number of rotatable bonds is 6. The van der Waals surface area contributed by atoms with E-state index in [2.05, 4.69) is 48.3 Å². The molecule has 0 fully saturated rings. The van der Waals surface area contributed by atoms with Crippen LogP contribution in [0.15, 0.2) is 48.8 Å². The lowest BCUT2D eigenvalue weighted by Gasteiger charge is -2.12. The summed E-state index contributed by atoms with van der Waals surface area (Å²) in [5.74, 6) is 0.753. The molecule has 5 nitrogen and oxygen atoms in total. The highest BCUT2D eigenvalue weighted by molar-refractivity contribution is 7.19. The molecule has 0 saturated heterocycles. The molecule has 0 radical (unpaired) electrons. The van der Waals surface area contributed by atoms with Crippen LogP contribution in [0.3, 0.4) is 0 Å². The van der Waals surface area contributed by atoms with Gasteiger partial charge >= 0.3 is 0 Å². The van der Waals surface area contributed by atoms with E-state index < -0.39 is 0 Å². The highest BCUT2D eigenvalue weighted by Crippen LogP contribution is 2.30. The van der Waals surface area contributed by atoms with Gasteiger partial charge in [0.2, 0.25) is 0 Å². The van der Waals surface area contributed by atoms with Crippen molar-refractivity contribution in [3.05, 3.63) is 81.2 Å². The Bertz CT molecular complexity index is 1070. The van der Waals surface area contributed by atoms with Crippen LogP contribution in [0.2, 0.25) is 4.34 Å². The third-order valence-electron chi connectivity index (χ3n) is 4.63. The molecule has 4 aromatic rings. The van der Waals surface area contributed by atoms with Crippen molar-refractivity contribution >= 4 is 22.9 Å². The van der Waals surface area contributed by atoms with Crippen molar-refractivity contribution in [2.75, 3.05) is 0 Å². The minimum Gasteiger partial charge on any atom is -0.232 e. The highest BCUT2D eigenvalue weighted by atomic mass is 35.5. The minimum absolute atomic E-state index is 0.670. The zero-order valence-corrected chi connectivity index (χ0v) is 17.3. The first kappa shape index (κ1) is 18.8. The van der Waals surface area contributed by atoms with Crippen molar-refractivity contribution in [3.63, 3.8) is 0 Å². The lowest BCUT2D eigenvalue weighted by molar-refractivity contribution is 0.591. The molecule has 1 aromatic carbocycles. The molecule has 0 atom stereocenters. The first-order valence-corrected chi connectivity index (χ1v) is 10.4. The van der Waals surface area contributed by atoms with E-state index in [9.17, 15) is 0 Å². The van der Waals surface area contributed by atoms with Gasteiger partial charge in [-0.3, -0.25) is 0 Å². The fourth-order valence-corrected chi connectivity index (χ4v) is 4.23. The maximum atomic E-state index is 6.10. The van der Waals surface area contributed by atoms with Gasteiger partial charge < -0.3 is 0 Å². The number of hydrogen-bond donors (Lipinski definition) is 0. The van der Waals surface area contributed by atoms with E-state index in [4.69, 9.17) is 21.6 Å². The summed E-state index contributed by atoms with van der Waals surface area (Å²) in [5, 5.41) is 8.31. The second kappa shape index (κ2) is 8.20. The first-order valence-electron chi connectivity index (χ1n) is 9.16. The van der Waals surface area contributed by atoms with Gasteiger partial charge in [-0.1, -0.05) is 42.8 Å². The van der Waals surface area contributed by atoms with Crippen LogP contribution in [0.4, 0.5) is 0 Å². The summed E-state index contributed by atoms with van der Waals surface area (Å²) in [7, 11) is 0. The quantitative estimate of drug-likeness (QED) is 0.451. The van der Waals surface area contributed by atoms with Gasteiger partial charge in [-0.2, -0.15) is 15.0 Å². The molecule has 0 saturated carbocycles. The van der Waals surface area contributed by atoms with Crippen molar-refractivity contribution in [1.29, 1.82) is 0 Å². The summed E-state index contributed by atoms with van der Waals surface area (Å²) in [6, 6.07) is 12.4. The molecule has 0 aliphatic carbocycles. The molecule has 28 heavy (non-hydrogen) atoms. The van der Waals surface area contributed by atoms with Crippen LogP contribution >= 0.6 is 22.9 Å². The summed E-state index contributed by atoms with van der Waals surface area (Å²) < 4.78 is 0.750. The Morgan fingerprint density at radius 2 is 1.68 bits per heavy atom. The summed E-state index contributed by atoms with van der Waals surface area (Å²) >= 11 is 7.60. The fourth-order valence-electron chi connectivity index (χ4n) is 3.25. The fraction of sp³-hybridized carbons (Fsp3) is 0.238. The van der Waals surface area contributed by atoms with Crippen LogP contribution in [0.1, 0.15) is 35.0 Å². The lowest BCUT2D eigenvalue weighted by Crippen LogP contribution is -2.06. The smallest absolute Gasteiger partial charge is 0.169 e. The summed E-state index contributed by atoms with van der Waals surface area (Å²) in [4.78, 5) is 12.3. The van der Waals surface area contributed by atoms with Gasteiger partial charge in [0.1, 0.15) is 0 Å². The second-order valence-corrected chi connectivity index (χ2v) is 8.28. The Morgan fingerprint density at radius 3 is 2.32 bits per heavy atom. The molecule has 4 rings (SSSR count). The predicted molar refractivity (Wildman–Crippen MR) is 113 cm³/mol. The van der Waals surface area contributed by atoms with Gasteiger partial charge in [-0.05, 0) is 42.2 Å². The normalized spacial score (nSPS) is 11.1. The Kier molecular flexibility index (Phi) is 5.50. The van der Waals surface area contributed by atoms with Crippen LogP contribution in [0.5, 0.6) is 0 Å². The third kappa shape index (κ3) is 4.13. The number of thiophene rings is 1. The molecule has 3 aromatic heterocycles. The molecule has 0 spiro atoms. The topological polar surface area (TPSA) is 56.5 Å². The zero-order chi connectivity index (χ0) is 19.5. The molecular formula is C21H20ClN5S. The Hall–Kier alpha value is -2.57. The Balaban J connectivity index is 1.60. The van der Waals surface area contributed by atoms with E-state index in [-0.39, 0.29) is 0 Å². The molecule has 3 heterocycles. The number of aromatic nitrogens is 5. The van der Waals surface area contributed by atoms with E-state index >= 15 is 0 Å². The predicted octanol–water partition coefficient (Wildman–Crippen LogP) is 4.96. The van der Waals surface area contributed by atoms with E-state index in [1.165, 1.54) is 28.0 Å². The van der Waals surface area contributed by atoms with E-state index in [1.807, 2.05) is 12.1 Å². The summed E-state index contributed by atoms with van der Waals surface area (Å²) in [5.41, 5.74) is 5.73. The summed E-state index contributed by atoms with van der Waals surface area (Å²) in [6.45, 7) is 4.88. The van der Waals surface area contributed by atoms with E-state index in [0.717, 1.165) is 39.3 Å². The van der Waals surface area contributed by atoms with Crippen LogP contribution in [-0.2, 0) is 19.4 Å². The molecule has 0 N–H and O–H groups in total. The van der Waals surface area contributed by atoms with Crippen LogP contribution in [0, 0.1) is 6.92 Å². The average Bonchev–Trinajstić information content (AvgIpc) is 3.35. The Labute approximate surface area is 173 Å².